The highest BCUT2D eigenvalue weighted by molar-refractivity contribution is 9.10. The number of aromatic carboxylic acids is 1. The number of hydrogen-bond donors (Lipinski definition) is 1. The molecule has 0 aliphatic heterocycles. The number of carbonyl (C=O) groups is 1. The summed E-state index contributed by atoms with van der Waals surface area (Å²) < 4.78 is 15.6. The fourth-order valence-corrected chi connectivity index (χ4v) is 3.39. The van der Waals surface area contributed by atoms with Gasteiger partial charge in [-0.1, -0.05) is 11.6 Å². The fourth-order valence-electron chi connectivity index (χ4n) is 2.34. The fraction of sp³-hybridized carbons (Fsp3) is 0.214. The Labute approximate surface area is 128 Å². The monoisotopic (exact) mass is 357 g/mol. The number of hydrogen-bond acceptors (Lipinski definition) is 1. The molecule has 0 unspecified atom stereocenters. The van der Waals surface area contributed by atoms with Crippen molar-refractivity contribution in [3.05, 3.63) is 45.3 Å². The second-order valence-electron chi connectivity index (χ2n) is 4.75. The zero-order valence-electron chi connectivity index (χ0n) is 10.2. The molecule has 1 N–H and O–H groups in total. The van der Waals surface area contributed by atoms with Crippen LogP contribution in [0.5, 0.6) is 0 Å². The first-order valence-electron chi connectivity index (χ1n) is 6.08. The van der Waals surface area contributed by atoms with Crippen molar-refractivity contribution in [1.82, 2.24) is 4.57 Å². The highest BCUT2D eigenvalue weighted by Gasteiger charge is 2.31. The van der Waals surface area contributed by atoms with Crippen LogP contribution < -0.4 is 0 Å². The van der Waals surface area contributed by atoms with E-state index < -0.39 is 11.8 Å². The van der Waals surface area contributed by atoms with Gasteiger partial charge in [0, 0.05) is 16.1 Å². The first-order valence-corrected chi connectivity index (χ1v) is 7.25. The van der Waals surface area contributed by atoms with Crippen molar-refractivity contribution in [2.75, 3.05) is 0 Å². The lowest BCUT2D eigenvalue weighted by Gasteiger charge is -2.13. The third-order valence-electron chi connectivity index (χ3n) is 3.31. The van der Waals surface area contributed by atoms with E-state index in [9.17, 15) is 14.3 Å². The first-order chi connectivity index (χ1) is 9.49. The second-order valence-corrected chi connectivity index (χ2v) is 6.02. The molecule has 1 aliphatic rings. The molecule has 0 amide bonds. The summed E-state index contributed by atoms with van der Waals surface area (Å²) in [5, 5.41) is 9.52. The van der Waals surface area contributed by atoms with E-state index in [2.05, 4.69) is 15.9 Å². The number of rotatable bonds is 3. The summed E-state index contributed by atoms with van der Waals surface area (Å²) in [6.45, 7) is 0. The van der Waals surface area contributed by atoms with Gasteiger partial charge in [0.05, 0.1) is 10.7 Å². The molecule has 1 heterocycles. The van der Waals surface area contributed by atoms with Crippen molar-refractivity contribution in [3.63, 3.8) is 0 Å². The maximum absolute atomic E-state index is 13.3. The van der Waals surface area contributed by atoms with Crippen molar-refractivity contribution >= 4 is 33.5 Å². The molecule has 1 aromatic heterocycles. The number of nitrogens with zero attached hydrogens (tertiary/aromatic N) is 1. The van der Waals surface area contributed by atoms with E-state index >= 15 is 0 Å². The highest BCUT2D eigenvalue weighted by Crippen LogP contribution is 2.44. The van der Waals surface area contributed by atoms with Crippen LogP contribution in [0.25, 0.3) is 11.3 Å². The minimum absolute atomic E-state index is 0.180. The number of aromatic nitrogens is 1. The Kier molecular flexibility index (Phi) is 3.34. The average molecular weight is 359 g/mol. The molecule has 1 aliphatic carbocycles. The van der Waals surface area contributed by atoms with Crippen molar-refractivity contribution in [1.29, 1.82) is 0 Å². The standard InChI is InChI=1S/C14H10BrClFNO2/c15-9-5-7(17)6-10(16)13(9)11-3-4-12(14(19)20)18(11)8-1-2-8/h3-6,8H,1-2H2,(H,19,20). The van der Waals surface area contributed by atoms with Gasteiger partial charge in [-0.15, -0.1) is 0 Å². The Bertz CT molecular complexity index is 686. The summed E-state index contributed by atoms with van der Waals surface area (Å²) in [5.74, 6) is -1.41. The van der Waals surface area contributed by atoms with Crippen molar-refractivity contribution in [3.8, 4) is 11.3 Å². The maximum atomic E-state index is 13.3. The molecule has 1 fully saturated rings. The predicted molar refractivity (Wildman–Crippen MR) is 77.8 cm³/mol. The molecule has 0 spiro atoms. The van der Waals surface area contributed by atoms with E-state index in [1.807, 2.05) is 0 Å². The van der Waals surface area contributed by atoms with Crippen LogP contribution in [0, 0.1) is 5.82 Å². The molecule has 0 atom stereocenters. The van der Waals surface area contributed by atoms with Gasteiger partial charge < -0.3 is 9.67 Å². The summed E-state index contributed by atoms with van der Waals surface area (Å²) in [6.07, 6.45) is 1.89. The van der Waals surface area contributed by atoms with Gasteiger partial charge in [0.25, 0.3) is 0 Å². The van der Waals surface area contributed by atoms with E-state index in [1.54, 1.807) is 16.7 Å². The molecule has 1 saturated carbocycles. The normalized spacial score (nSPS) is 14.6. The van der Waals surface area contributed by atoms with Crippen LogP contribution in [-0.4, -0.2) is 15.6 Å². The molecule has 3 rings (SSSR count). The molecule has 104 valence electrons. The molecule has 1 aromatic carbocycles. The van der Waals surface area contributed by atoms with E-state index in [4.69, 9.17) is 11.6 Å². The number of benzene rings is 1. The minimum atomic E-state index is -0.975. The van der Waals surface area contributed by atoms with Gasteiger partial charge in [-0.2, -0.15) is 0 Å². The Balaban J connectivity index is 2.23. The third-order valence-corrected chi connectivity index (χ3v) is 4.24. The Hall–Kier alpha value is -1.33. The van der Waals surface area contributed by atoms with Gasteiger partial charge in [0.1, 0.15) is 11.5 Å². The van der Waals surface area contributed by atoms with Gasteiger partial charge in [-0.05, 0) is 53.0 Å². The lowest BCUT2D eigenvalue weighted by molar-refractivity contribution is 0.0685. The summed E-state index contributed by atoms with van der Waals surface area (Å²) in [7, 11) is 0. The summed E-state index contributed by atoms with van der Waals surface area (Å²) in [6, 6.07) is 6.01. The van der Waals surface area contributed by atoms with Crippen LogP contribution in [0.3, 0.4) is 0 Å². The summed E-state index contributed by atoms with van der Waals surface area (Å²) in [5.41, 5.74) is 1.55. The third kappa shape index (κ3) is 2.25. The van der Waals surface area contributed by atoms with E-state index in [0.29, 0.717) is 15.7 Å². The van der Waals surface area contributed by atoms with Gasteiger partial charge >= 0.3 is 5.97 Å². The van der Waals surface area contributed by atoms with E-state index in [0.717, 1.165) is 12.8 Å². The molecule has 2 aromatic rings. The summed E-state index contributed by atoms with van der Waals surface area (Å²) >= 11 is 9.42. The minimum Gasteiger partial charge on any atom is -0.477 e. The van der Waals surface area contributed by atoms with Crippen LogP contribution in [0.2, 0.25) is 5.02 Å². The van der Waals surface area contributed by atoms with Crippen LogP contribution in [0.15, 0.2) is 28.7 Å². The molecule has 0 bridgehead atoms. The number of carboxylic acids is 1. The quantitative estimate of drug-likeness (QED) is 0.861. The van der Waals surface area contributed by atoms with Gasteiger partial charge in [0.2, 0.25) is 0 Å². The maximum Gasteiger partial charge on any atom is 0.352 e. The molecule has 0 radical (unpaired) electrons. The van der Waals surface area contributed by atoms with Crippen molar-refractivity contribution in [2.24, 2.45) is 0 Å². The van der Waals surface area contributed by atoms with Crippen LogP contribution in [-0.2, 0) is 0 Å². The van der Waals surface area contributed by atoms with E-state index in [1.165, 1.54) is 12.1 Å². The Morgan fingerprint density at radius 1 is 1.40 bits per heavy atom. The summed E-state index contributed by atoms with van der Waals surface area (Å²) in [4.78, 5) is 11.3. The van der Waals surface area contributed by atoms with Crippen LogP contribution in [0.4, 0.5) is 4.39 Å². The first kappa shape index (κ1) is 13.6. The number of carboxylic acid groups (broad SMARTS) is 1. The second kappa shape index (κ2) is 4.90. The lowest BCUT2D eigenvalue weighted by Crippen LogP contribution is -2.08. The Morgan fingerprint density at radius 3 is 2.65 bits per heavy atom. The average Bonchev–Trinajstić information content (AvgIpc) is 3.08. The van der Waals surface area contributed by atoms with Gasteiger partial charge in [-0.3, -0.25) is 0 Å². The number of halogens is 3. The zero-order valence-corrected chi connectivity index (χ0v) is 12.6. The molecule has 20 heavy (non-hydrogen) atoms. The lowest BCUT2D eigenvalue weighted by atomic mass is 10.1. The van der Waals surface area contributed by atoms with Gasteiger partial charge in [-0.25, -0.2) is 9.18 Å². The molecule has 6 heteroatoms. The topological polar surface area (TPSA) is 42.2 Å². The largest absolute Gasteiger partial charge is 0.477 e. The Morgan fingerprint density at radius 2 is 2.10 bits per heavy atom. The molecule has 0 saturated heterocycles. The SMILES string of the molecule is O=C(O)c1ccc(-c2c(Cl)cc(F)cc2Br)n1C1CC1. The van der Waals surface area contributed by atoms with Crippen molar-refractivity contribution in [2.45, 2.75) is 18.9 Å². The predicted octanol–water partition coefficient (Wildman–Crippen LogP) is 4.74. The van der Waals surface area contributed by atoms with E-state index in [-0.39, 0.29) is 16.8 Å². The molecular formula is C14H10BrClFNO2. The molecule has 3 nitrogen and oxygen atoms in total. The van der Waals surface area contributed by atoms with Crippen LogP contribution in [0.1, 0.15) is 29.4 Å². The van der Waals surface area contributed by atoms with Crippen molar-refractivity contribution < 1.29 is 14.3 Å². The zero-order chi connectivity index (χ0) is 14.4. The van der Waals surface area contributed by atoms with Crippen LogP contribution >= 0.6 is 27.5 Å². The van der Waals surface area contributed by atoms with Gasteiger partial charge in [0.15, 0.2) is 0 Å². The smallest absolute Gasteiger partial charge is 0.352 e. The highest BCUT2D eigenvalue weighted by atomic mass is 79.9. The molecular weight excluding hydrogens is 349 g/mol.